The van der Waals surface area contributed by atoms with Gasteiger partial charge < -0.3 is 14.8 Å². The van der Waals surface area contributed by atoms with Gasteiger partial charge in [-0.1, -0.05) is 12.1 Å². The van der Waals surface area contributed by atoms with Crippen LogP contribution in [0.3, 0.4) is 0 Å². The molecule has 0 bridgehead atoms. The number of aromatic nitrogens is 1. The predicted octanol–water partition coefficient (Wildman–Crippen LogP) is 2.02. The Balaban J connectivity index is 1.75. The molecule has 21 heavy (non-hydrogen) atoms. The number of nitrogens with zero attached hydrogens (tertiary/aromatic N) is 1. The Hall–Kier alpha value is -2.70. The average molecular weight is 292 g/mol. The maximum absolute atomic E-state index is 13.5. The fourth-order valence-corrected chi connectivity index (χ4v) is 1.99. The summed E-state index contributed by atoms with van der Waals surface area (Å²) in [4.78, 5) is 15.0. The van der Waals surface area contributed by atoms with Crippen molar-refractivity contribution in [3.63, 3.8) is 0 Å². The van der Waals surface area contributed by atoms with Crippen molar-refractivity contribution >= 4 is 5.91 Å². The fourth-order valence-electron chi connectivity index (χ4n) is 1.99. The number of benzene rings is 1. The van der Waals surface area contributed by atoms with Crippen LogP contribution in [-0.2, 0) is 6.54 Å². The van der Waals surface area contributed by atoms with Crippen LogP contribution >= 0.6 is 0 Å². The summed E-state index contributed by atoms with van der Waals surface area (Å²) in [5.74, 6) is -2.18. The number of carbonyl (C=O) groups excluding carboxylic acids is 1. The van der Waals surface area contributed by atoms with E-state index in [4.69, 9.17) is 9.47 Å². The summed E-state index contributed by atoms with van der Waals surface area (Å²) in [6, 6.07) is 6.35. The summed E-state index contributed by atoms with van der Waals surface area (Å²) in [7, 11) is 0. The third-order valence-corrected chi connectivity index (χ3v) is 3.01. The van der Waals surface area contributed by atoms with Gasteiger partial charge in [0.2, 0.25) is 12.7 Å². The number of carbonyl (C=O) groups is 1. The first kappa shape index (κ1) is 13.3. The van der Waals surface area contributed by atoms with Gasteiger partial charge in [-0.15, -0.1) is 0 Å². The Morgan fingerprint density at radius 2 is 2.14 bits per heavy atom. The summed E-state index contributed by atoms with van der Waals surface area (Å²) in [6.45, 7) is 0.221. The van der Waals surface area contributed by atoms with Crippen molar-refractivity contribution in [2.45, 2.75) is 6.54 Å². The van der Waals surface area contributed by atoms with E-state index in [0.717, 1.165) is 12.3 Å². The van der Waals surface area contributed by atoms with Crippen LogP contribution in [0.2, 0.25) is 0 Å². The Kier molecular flexibility index (Phi) is 3.39. The van der Waals surface area contributed by atoms with Crippen LogP contribution in [-0.4, -0.2) is 17.7 Å². The molecule has 1 aromatic carbocycles. The second-order valence-electron chi connectivity index (χ2n) is 4.30. The van der Waals surface area contributed by atoms with Crippen LogP contribution in [0.4, 0.5) is 8.78 Å². The van der Waals surface area contributed by atoms with E-state index in [0.29, 0.717) is 17.1 Å². The predicted molar refractivity (Wildman–Crippen MR) is 67.9 cm³/mol. The van der Waals surface area contributed by atoms with Crippen molar-refractivity contribution in [3.05, 3.63) is 53.4 Å². The van der Waals surface area contributed by atoms with Crippen molar-refractivity contribution in [1.29, 1.82) is 0 Å². The SMILES string of the molecule is O=C(NCc1cccc2c1OCO2)c1ccnc(F)c1F. The van der Waals surface area contributed by atoms with E-state index in [1.807, 2.05) is 0 Å². The summed E-state index contributed by atoms with van der Waals surface area (Å²) in [5.41, 5.74) is 0.292. The zero-order valence-electron chi connectivity index (χ0n) is 10.7. The van der Waals surface area contributed by atoms with Crippen LogP contribution < -0.4 is 14.8 Å². The summed E-state index contributed by atoms with van der Waals surface area (Å²) in [5, 5.41) is 2.50. The van der Waals surface area contributed by atoms with Crippen LogP contribution in [0.5, 0.6) is 11.5 Å². The highest BCUT2D eigenvalue weighted by Crippen LogP contribution is 2.35. The second-order valence-corrected chi connectivity index (χ2v) is 4.30. The number of ether oxygens (including phenoxy) is 2. The average Bonchev–Trinajstić information content (AvgIpc) is 2.96. The zero-order valence-corrected chi connectivity index (χ0v) is 10.7. The molecule has 0 radical (unpaired) electrons. The molecule has 5 nitrogen and oxygen atoms in total. The van der Waals surface area contributed by atoms with Gasteiger partial charge in [0.15, 0.2) is 17.3 Å². The molecule has 2 heterocycles. The minimum absolute atomic E-state index is 0.106. The molecule has 7 heteroatoms. The fraction of sp³-hybridized carbons (Fsp3) is 0.143. The maximum atomic E-state index is 13.5. The monoisotopic (exact) mass is 292 g/mol. The van der Waals surface area contributed by atoms with Crippen molar-refractivity contribution in [2.75, 3.05) is 6.79 Å². The number of fused-ring (bicyclic) bond motifs is 1. The highest BCUT2D eigenvalue weighted by atomic mass is 19.2. The highest BCUT2D eigenvalue weighted by Gasteiger charge is 2.19. The molecule has 0 aliphatic carbocycles. The molecule has 0 fully saturated rings. The minimum atomic E-state index is -1.31. The first-order chi connectivity index (χ1) is 10.2. The first-order valence-corrected chi connectivity index (χ1v) is 6.12. The van der Waals surface area contributed by atoms with E-state index in [9.17, 15) is 13.6 Å². The zero-order chi connectivity index (χ0) is 14.8. The minimum Gasteiger partial charge on any atom is -0.454 e. The molecule has 3 rings (SSSR count). The molecule has 0 unspecified atom stereocenters. The van der Waals surface area contributed by atoms with Crippen molar-refractivity contribution in [3.8, 4) is 11.5 Å². The smallest absolute Gasteiger partial charge is 0.254 e. The number of halogens is 2. The van der Waals surface area contributed by atoms with Crippen LogP contribution in [0.1, 0.15) is 15.9 Å². The number of nitrogens with one attached hydrogen (secondary N) is 1. The summed E-state index contributed by atoms with van der Waals surface area (Å²) < 4.78 is 36.9. The largest absolute Gasteiger partial charge is 0.454 e. The van der Waals surface area contributed by atoms with Crippen molar-refractivity contribution in [1.82, 2.24) is 10.3 Å². The molecule has 1 N–H and O–H groups in total. The Morgan fingerprint density at radius 1 is 1.29 bits per heavy atom. The van der Waals surface area contributed by atoms with Gasteiger partial charge in [0.25, 0.3) is 5.91 Å². The van der Waals surface area contributed by atoms with Gasteiger partial charge in [-0.2, -0.15) is 4.39 Å². The molecule has 1 amide bonds. The second kappa shape index (κ2) is 5.35. The van der Waals surface area contributed by atoms with Crippen LogP contribution in [0.25, 0.3) is 0 Å². The van der Waals surface area contributed by atoms with Gasteiger partial charge >= 0.3 is 0 Å². The number of pyridine rings is 1. The maximum Gasteiger partial charge on any atom is 0.254 e. The van der Waals surface area contributed by atoms with Gasteiger partial charge in [-0.25, -0.2) is 9.37 Å². The van der Waals surface area contributed by atoms with Crippen LogP contribution in [0, 0.1) is 11.8 Å². The lowest BCUT2D eigenvalue weighted by Crippen LogP contribution is -2.24. The molecule has 1 aliphatic rings. The van der Waals surface area contributed by atoms with E-state index in [1.54, 1.807) is 18.2 Å². The molecular weight excluding hydrogens is 282 g/mol. The molecular formula is C14H10F2N2O3. The van der Waals surface area contributed by atoms with Crippen molar-refractivity contribution in [2.24, 2.45) is 0 Å². The van der Waals surface area contributed by atoms with Gasteiger partial charge in [0, 0.05) is 18.3 Å². The van der Waals surface area contributed by atoms with Crippen molar-refractivity contribution < 1.29 is 23.0 Å². The van der Waals surface area contributed by atoms with Crippen LogP contribution in [0.15, 0.2) is 30.5 Å². The number of hydrogen-bond donors (Lipinski definition) is 1. The summed E-state index contributed by atoms with van der Waals surface area (Å²) >= 11 is 0. The molecule has 2 aromatic rings. The first-order valence-electron chi connectivity index (χ1n) is 6.12. The number of hydrogen-bond acceptors (Lipinski definition) is 4. The Labute approximate surface area is 118 Å². The Morgan fingerprint density at radius 3 is 3.00 bits per heavy atom. The van der Waals surface area contributed by atoms with E-state index >= 15 is 0 Å². The van der Waals surface area contributed by atoms with Gasteiger partial charge in [-0.3, -0.25) is 4.79 Å². The summed E-state index contributed by atoms with van der Waals surface area (Å²) in [6.07, 6.45) is 1.03. The molecule has 0 atom stereocenters. The standard InChI is InChI=1S/C14H10F2N2O3/c15-11-9(4-5-17-13(11)16)14(19)18-6-8-2-1-3-10-12(8)21-7-20-10/h1-5H,6-7H2,(H,18,19). The van der Waals surface area contributed by atoms with E-state index in [2.05, 4.69) is 10.3 Å². The highest BCUT2D eigenvalue weighted by molar-refractivity contribution is 5.94. The lowest BCUT2D eigenvalue weighted by Gasteiger charge is -2.08. The number of rotatable bonds is 3. The normalized spacial score (nSPS) is 12.3. The Bertz CT molecular complexity index is 707. The van der Waals surface area contributed by atoms with E-state index < -0.39 is 23.2 Å². The van der Waals surface area contributed by atoms with Gasteiger partial charge in [0.05, 0.1) is 5.56 Å². The van der Waals surface area contributed by atoms with Gasteiger partial charge in [-0.05, 0) is 12.1 Å². The number of amides is 1. The topological polar surface area (TPSA) is 60.5 Å². The molecule has 0 saturated heterocycles. The third-order valence-electron chi connectivity index (χ3n) is 3.01. The molecule has 1 aliphatic heterocycles. The molecule has 0 saturated carbocycles. The lowest BCUT2D eigenvalue weighted by atomic mass is 10.1. The molecule has 1 aromatic heterocycles. The van der Waals surface area contributed by atoms with E-state index in [-0.39, 0.29) is 13.3 Å². The van der Waals surface area contributed by atoms with Gasteiger partial charge in [0.1, 0.15) is 0 Å². The lowest BCUT2D eigenvalue weighted by molar-refractivity contribution is 0.0945. The number of para-hydroxylation sites is 1. The third kappa shape index (κ3) is 2.49. The molecule has 0 spiro atoms. The quantitative estimate of drug-likeness (QED) is 0.879. The van der Waals surface area contributed by atoms with E-state index in [1.165, 1.54) is 0 Å². The molecule has 108 valence electrons.